The van der Waals surface area contributed by atoms with Gasteiger partial charge in [-0.25, -0.2) is 10.4 Å². The van der Waals surface area contributed by atoms with Crippen LogP contribution < -0.4 is 10.7 Å². The summed E-state index contributed by atoms with van der Waals surface area (Å²) in [6.45, 7) is 1.95. The first-order valence-corrected chi connectivity index (χ1v) is 7.10. The first kappa shape index (κ1) is 14.5. The van der Waals surface area contributed by atoms with Gasteiger partial charge in [-0.1, -0.05) is 30.3 Å². The second kappa shape index (κ2) is 6.48. The molecule has 0 saturated carbocycles. The van der Waals surface area contributed by atoms with Crippen LogP contribution >= 0.6 is 0 Å². The molecule has 1 fully saturated rings. The Morgan fingerprint density at radius 1 is 1.21 bits per heavy atom. The molecule has 4 nitrogen and oxygen atoms in total. The zero-order chi connectivity index (χ0) is 13.7. The molecule has 0 bridgehead atoms. The summed E-state index contributed by atoms with van der Waals surface area (Å²) in [7, 11) is 6.32. The van der Waals surface area contributed by atoms with Crippen molar-refractivity contribution in [2.45, 2.75) is 31.6 Å². The molecule has 1 aromatic rings. The molecular formula is C15H26N4. The Balaban J connectivity index is 2.04. The normalized spacial score (nSPS) is 24.8. The number of hydrogen-bond acceptors (Lipinski definition) is 4. The molecule has 1 heterocycles. The molecule has 1 aliphatic heterocycles. The molecule has 0 radical (unpaired) electrons. The smallest absolute Gasteiger partial charge is 0.140 e. The van der Waals surface area contributed by atoms with E-state index >= 15 is 0 Å². The average molecular weight is 262 g/mol. The number of hydrazine groups is 1. The Bertz CT molecular complexity index is 379. The monoisotopic (exact) mass is 262 g/mol. The Labute approximate surface area is 116 Å². The topological polar surface area (TPSA) is 30.5 Å². The summed E-state index contributed by atoms with van der Waals surface area (Å²) in [6.07, 6.45) is 3.65. The van der Waals surface area contributed by atoms with Gasteiger partial charge in [-0.3, -0.25) is 10.2 Å². The third kappa shape index (κ3) is 3.15. The van der Waals surface area contributed by atoms with Crippen LogP contribution in [0.2, 0.25) is 0 Å². The van der Waals surface area contributed by atoms with Crippen molar-refractivity contribution in [3.63, 3.8) is 0 Å². The van der Waals surface area contributed by atoms with E-state index in [1.165, 1.54) is 18.4 Å². The van der Waals surface area contributed by atoms with Gasteiger partial charge in [0.15, 0.2) is 0 Å². The first-order chi connectivity index (χ1) is 9.19. The highest BCUT2D eigenvalue weighted by Gasteiger charge is 2.39. The van der Waals surface area contributed by atoms with E-state index in [1.54, 1.807) is 0 Å². The summed E-state index contributed by atoms with van der Waals surface area (Å²) in [5.74, 6) is -0.0764. The van der Waals surface area contributed by atoms with Crippen LogP contribution in [0.5, 0.6) is 0 Å². The molecule has 0 amide bonds. The lowest BCUT2D eigenvalue weighted by atomic mass is 10.0. The summed E-state index contributed by atoms with van der Waals surface area (Å²) in [4.78, 5) is 2.27. The Morgan fingerprint density at radius 2 is 1.95 bits per heavy atom. The largest absolute Gasteiger partial charge is 0.289 e. The third-order valence-corrected chi connectivity index (χ3v) is 4.06. The van der Waals surface area contributed by atoms with E-state index in [0.29, 0.717) is 0 Å². The zero-order valence-electron chi connectivity index (χ0n) is 12.3. The van der Waals surface area contributed by atoms with Gasteiger partial charge < -0.3 is 0 Å². The summed E-state index contributed by atoms with van der Waals surface area (Å²) in [5, 5.41) is 5.84. The van der Waals surface area contributed by atoms with E-state index in [1.807, 2.05) is 7.05 Å². The van der Waals surface area contributed by atoms with Crippen molar-refractivity contribution in [3.8, 4) is 0 Å². The molecule has 4 heteroatoms. The Morgan fingerprint density at radius 3 is 2.58 bits per heavy atom. The summed E-state index contributed by atoms with van der Waals surface area (Å²) >= 11 is 0. The fourth-order valence-electron chi connectivity index (χ4n) is 2.90. The van der Waals surface area contributed by atoms with Crippen LogP contribution in [0.15, 0.2) is 30.3 Å². The number of nitrogens with zero attached hydrogens (tertiary/aromatic N) is 2. The van der Waals surface area contributed by atoms with Crippen LogP contribution in [0.4, 0.5) is 0 Å². The summed E-state index contributed by atoms with van der Waals surface area (Å²) in [5.41, 5.74) is 4.91. The fourth-order valence-corrected chi connectivity index (χ4v) is 2.90. The molecule has 0 aliphatic carbocycles. The zero-order valence-corrected chi connectivity index (χ0v) is 12.3. The molecule has 1 saturated heterocycles. The third-order valence-electron chi connectivity index (χ3n) is 4.06. The van der Waals surface area contributed by atoms with Gasteiger partial charge in [-0.15, -0.1) is 0 Å². The lowest BCUT2D eigenvalue weighted by Crippen LogP contribution is -2.70. The minimum Gasteiger partial charge on any atom is -0.289 e. The molecule has 1 aromatic carbocycles. The molecule has 0 aromatic heterocycles. The van der Waals surface area contributed by atoms with Crippen LogP contribution in [-0.4, -0.2) is 43.4 Å². The van der Waals surface area contributed by atoms with Crippen molar-refractivity contribution in [2.24, 2.45) is 0 Å². The van der Waals surface area contributed by atoms with E-state index in [2.05, 4.69) is 65.1 Å². The van der Waals surface area contributed by atoms with Gasteiger partial charge in [0, 0.05) is 13.1 Å². The SMILES string of the molecule is CNC1(N(C)C)CCCCN1NCc1ccccc1. The minimum atomic E-state index is -0.0764. The lowest BCUT2D eigenvalue weighted by Gasteiger charge is -2.50. The van der Waals surface area contributed by atoms with Gasteiger partial charge in [0.1, 0.15) is 5.79 Å². The van der Waals surface area contributed by atoms with Crippen molar-refractivity contribution in [3.05, 3.63) is 35.9 Å². The quantitative estimate of drug-likeness (QED) is 0.789. The Hall–Kier alpha value is -0.940. The molecule has 19 heavy (non-hydrogen) atoms. The van der Waals surface area contributed by atoms with Gasteiger partial charge in [-0.05, 0) is 46.0 Å². The van der Waals surface area contributed by atoms with Gasteiger partial charge in [-0.2, -0.15) is 0 Å². The second-order valence-corrected chi connectivity index (χ2v) is 5.39. The van der Waals surface area contributed by atoms with E-state index in [0.717, 1.165) is 19.5 Å². The Kier molecular flexibility index (Phi) is 4.93. The highest BCUT2D eigenvalue weighted by atomic mass is 15.7. The van der Waals surface area contributed by atoms with E-state index < -0.39 is 0 Å². The number of benzene rings is 1. The summed E-state index contributed by atoms with van der Waals surface area (Å²) < 4.78 is 0. The van der Waals surface area contributed by atoms with Crippen molar-refractivity contribution in [1.82, 2.24) is 20.7 Å². The minimum absolute atomic E-state index is 0.0764. The summed E-state index contributed by atoms with van der Waals surface area (Å²) in [6, 6.07) is 10.6. The number of rotatable bonds is 5. The molecule has 1 aliphatic rings. The van der Waals surface area contributed by atoms with Gasteiger partial charge in [0.2, 0.25) is 0 Å². The maximum Gasteiger partial charge on any atom is 0.140 e. The molecule has 2 rings (SSSR count). The molecule has 1 unspecified atom stereocenters. The first-order valence-electron chi connectivity index (χ1n) is 7.10. The standard InChI is InChI=1S/C15H26N4/c1-16-15(18(2)3)11-7-8-12-19(15)17-13-14-9-5-4-6-10-14/h4-6,9-10,16-17H,7-8,11-13H2,1-3H3. The van der Waals surface area contributed by atoms with Crippen LogP contribution in [0, 0.1) is 0 Å². The average Bonchev–Trinajstić information content (AvgIpc) is 2.46. The van der Waals surface area contributed by atoms with Gasteiger partial charge in [0.05, 0.1) is 0 Å². The van der Waals surface area contributed by atoms with Crippen LogP contribution in [0.1, 0.15) is 24.8 Å². The number of nitrogens with one attached hydrogen (secondary N) is 2. The van der Waals surface area contributed by atoms with Crippen molar-refractivity contribution in [2.75, 3.05) is 27.7 Å². The molecule has 0 spiro atoms. The predicted molar refractivity (Wildman–Crippen MR) is 79.3 cm³/mol. The second-order valence-electron chi connectivity index (χ2n) is 5.39. The van der Waals surface area contributed by atoms with Crippen molar-refractivity contribution >= 4 is 0 Å². The lowest BCUT2D eigenvalue weighted by molar-refractivity contribution is -0.113. The van der Waals surface area contributed by atoms with Crippen molar-refractivity contribution in [1.29, 1.82) is 0 Å². The molecule has 106 valence electrons. The van der Waals surface area contributed by atoms with E-state index in [9.17, 15) is 0 Å². The van der Waals surface area contributed by atoms with Gasteiger partial charge in [0.25, 0.3) is 0 Å². The highest BCUT2D eigenvalue weighted by molar-refractivity contribution is 5.14. The van der Waals surface area contributed by atoms with Crippen LogP contribution in [0.3, 0.4) is 0 Å². The maximum absolute atomic E-state index is 3.59. The van der Waals surface area contributed by atoms with E-state index in [-0.39, 0.29) is 5.79 Å². The maximum atomic E-state index is 3.59. The fraction of sp³-hybridized carbons (Fsp3) is 0.600. The highest BCUT2D eigenvalue weighted by Crippen LogP contribution is 2.25. The van der Waals surface area contributed by atoms with Crippen LogP contribution in [0.25, 0.3) is 0 Å². The molecule has 1 atom stereocenters. The molecule has 2 N–H and O–H groups in total. The number of piperidine rings is 1. The van der Waals surface area contributed by atoms with Crippen LogP contribution in [-0.2, 0) is 6.54 Å². The predicted octanol–water partition coefficient (Wildman–Crippen LogP) is 1.61. The van der Waals surface area contributed by atoms with E-state index in [4.69, 9.17) is 0 Å². The van der Waals surface area contributed by atoms with Gasteiger partial charge >= 0.3 is 0 Å². The van der Waals surface area contributed by atoms with Crippen molar-refractivity contribution < 1.29 is 0 Å². The molecular weight excluding hydrogens is 236 g/mol. The number of hydrogen-bond donors (Lipinski definition) is 2.